The zero-order valence-corrected chi connectivity index (χ0v) is 12.6. The van der Waals surface area contributed by atoms with Crippen molar-refractivity contribution in [2.45, 2.75) is 25.4 Å². The highest BCUT2D eigenvalue weighted by molar-refractivity contribution is 6.30. The molecule has 1 aromatic carbocycles. The molecule has 1 aliphatic rings. The van der Waals surface area contributed by atoms with Crippen molar-refractivity contribution in [3.63, 3.8) is 0 Å². The number of likely N-dealkylation sites (N-methyl/N-ethyl adjacent to an activating group) is 1. The topological polar surface area (TPSA) is 58.4 Å². The normalized spacial score (nSPS) is 16.2. The zero-order valence-electron chi connectivity index (χ0n) is 11.8. The Bertz CT molecular complexity index is 445. The van der Waals surface area contributed by atoms with Crippen LogP contribution >= 0.6 is 11.6 Å². The van der Waals surface area contributed by atoms with Crippen LogP contribution in [-0.4, -0.2) is 37.0 Å². The summed E-state index contributed by atoms with van der Waals surface area (Å²) >= 11 is 5.82. The second-order valence-electron chi connectivity index (χ2n) is 5.46. The van der Waals surface area contributed by atoms with Crippen LogP contribution in [0.5, 0.6) is 0 Å². The number of carbonyl (C=O) groups is 1. The molecule has 0 bridgehead atoms. The van der Waals surface area contributed by atoms with E-state index in [9.17, 15) is 4.79 Å². The summed E-state index contributed by atoms with van der Waals surface area (Å²) in [7, 11) is 1.97. The Morgan fingerprint density at radius 1 is 1.45 bits per heavy atom. The average molecular weight is 296 g/mol. The Morgan fingerprint density at radius 2 is 2.10 bits per heavy atom. The minimum absolute atomic E-state index is 0.0292. The molecule has 4 nitrogen and oxygen atoms in total. The second-order valence-corrected chi connectivity index (χ2v) is 5.90. The van der Waals surface area contributed by atoms with Gasteiger partial charge in [0.25, 0.3) is 0 Å². The van der Waals surface area contributed by atoms with Gasteiger partial charge in [-0.25, -0.2) is 0 Å². The molecule has 0 heterocycles. The molecule has 1 fully saturated rings. The fourth-order valence-corrected chi connectivity index (χ4v) is 2.54. The lowest BCUT2D eigenvalue weighted by Gasteiger charge is -2.26. The van der Waals surface area contributed by atoms with Crippen molar-refractivity contribution < 1.29 is 4.79 Å². The Morgan fingerprint density at radius 3 is 2.65 bits per heavy atom. The molecule has 1 atom stereocenters. The largest absolute Gasteiger partial charge is 0.351 e. The first-order chi connectivity index (χ1) is 9.60. The first-order valence-corrected chi connectivity index (χ1v) is 7.39. The summed E-state index contributed by atoms with van der Waals surface area (Å²) in [6.07, 6.45) is 2.47. The highest BCUT2D eigenvalue weighted by Gasteiger charge is 2.33. The van der Waals surface area contributed by atoms with Crippen LogP contribution in [0, 0.1) is 5.92 Å². The molecule has 0 saturated heterocycles. The number of halogens is 1. The van der Waals surface area contributed by atoms with Gasteiger partial charge in [0.05, 0.1) is 6.54 Å². The van der Waals surface area contributed by atoms with Crippen molar-refractivity contribution in [3.8, 4) is 0 Å². The highest BCUT2D eigenvalue weighted by Crippen LogP contribution is 2.34. The van der Waals surface area contributed by atoms with Crippen molar-refractivity contribution in [2.24, 2.45) is 11.7 Å². The predicted molar refractivity (Wildman–Crippen MR) is 81.5 cm³/mol. The lowest BCUT2D eigenvalue weighted by Crippen LogP contribution is -2.44. The maximum atomic E-state index is 11.9. The first kappa shape index (κ1) is 15.3. The van der Waals surface area contributed by atoms with Crippen molar-refractivity contribution >= 4 is 17.5 Å². The van der Waals surface area contributed by atoms with Gasteiger partial charge in [0.15, 0.2) is 0 Å². The minimum Gasteiger partial charge on any atom is -0.351 e. The molecule has 0 aliphatic heterocycles. The van der Waals surface area contributed by atoms with Crippen molar-refractivity contribution in [2.75, 3.05) is 20.1 Å². The van der Waals surface area contributed by atoms with Gasteiger partial charge < -0.3 is 11.1 Å². The molecule has 0 radical (unpaired) electrons. The number of hydrogen-bond donors (Lipinski definition) is 2. The van der Waals surface area contributed by atoms with Gasteiger partial charge in [0.2, 0.25) is 5.91 Å². The molecule has 1 unspecified atom stereocenters. The lowest BCUT2D eigenvalue weighted by molar-refractivity contribution is -0.122. The molecule has 0 spiro atoms. The maximum absolute atomic E-state index is 11.9. The Hall–Kier alpha value is -1.10. The number of rotatable bonds is 7. The molecule has 0 aromatic heterocycles. The van der Waals surface area contributed by atoms with Crippen LogP contribution in [0.25, 0.3) is 0 Å². The molecule has 2 rings (SSSR count). The first-order valence-electron chi connectivity index (χ1n) is 7.01. The molecule has 110 valence electrons. The molecule has 3 N–H and O–H groups in total. The minimum atomic E-state index is 0.0292. The van der Waals surface area contributed by atoms with Gasteiger partial charge in [-0.3, -0.25) is 9.69 Å². The van der Waals surface area contributed by atoms with Crippen molar-refractivity contribution in [3.05, 3.63) is 34.9 Å². The molecule has 1 saturated carbocycles. The third kappa shape index (κ3) is 4.47. The van der Waals surface area contributed by atoms with Gasteiger partial charge in [-0.2, -0.15) is 0 Å². The smallest absolute Gasteiger partial charge is 0.234 e. The maximum Gasteiger partial charge on any atom is 0.234 e. The van der Waals surface area contributed by atoms with Crippen molar-refractivity contribution in [1.29, 1.82) is 0 Å². The fraction of sp³-hybridized carbons (Fsp3) is 0.533. The summed E-state index contributed by atoms with van der Waals surface area (Å²) in [6.45, 7) is 1.54. The lowest BCUT2D eigenvalue weighted by atomic mass is 10.1. The molecule has 1 aromatic rings. The standard InChI is InChI=1S/C15H22ClN3O/c1-19(14(8-17)12-4-5-12)10-15(20)18-9-11-2-6-13(16)7-3-11/h2-3,6-7,12,14H,4-5,8-10,17H2,1H3,(H,18,20). The van der Waals surface area contributed by atoms with E-state index in [0.29, 0.717) is 36.6 Å². The number of nitrogens with one attached hydrogen (secondary N) is 1. The van der Waals surface area contributed by atoms with E-state index in [0.717, 1.165) is 5.56 Å². The van der Waals surface area contributed by atoms with Crippen LogP contribution in [0.4, 0.5) is 0 Å². The van der Waals surface area contributed by atoms with E-state index in [-0.39, 0.29) is 5.91 Å². The number of benzene rings is 1. The number of nitrogens with two attached hydrogens (primary N) is 1. The van der Waals surface area contributed by atoms with Crippen LogP contribution < -0.4 is 11.1 Å². The molecule has 1 amide bonds. The van der Waals surface area contributed by atoms with Gasteiger partial charge in [-0.1, -0.05) is 23.7 Å². The van der Waals surface area contributed by atoms with E-state index in [4.69, 9.17) is 17.3 Å². The Kier molecular flexibility index (Phi) is 5.40. The van der Waals surface area contributed by atoms with Gasteiger partial charge >= 0.3 is 0 Å². The van der Waals surface area contributed by atoms with Crippen LogP contribution in [0.3, 0.4) is 0 Å². The summed E-state index contributed by atoms with van der Waals surface area (Å²) in [5.41, 5.74) is 6.83. The van der Waals surface area contributed by atoms with Crippen LogP contribution in [0.2, 0.25) is 5.02 Å². The molecular weight excluding hydrogens is 274 g/mol. The summed E-state index contributed by atoms with van der Waals surface area (Å²) in [5.74, 6) is 0.704. The monoisotopic (exact) mass is 295 g/mol. The quantitative estimate of drug-likeness (QED) is 0.804. The number of amides is 1. The summed E-state index contributed by atoms with van der Waals surface area (Å²) < 4.78 is 0. The molecular formula is C15H22ClN3O. The van der Waals surface area contributed by atoms with E-state index in [2.05, 4.69) is 10.2 Å². The third-order valence-corrected chi connectivity index (χ3v) is 4.02. The molecule has 5 heteroatoms. The van der Waals surface area contributed by atoms with Gasteiger partial charge in [-0.15, -0.1) is 0 Å². The number of nitrogens with zero attached hydrogens (tertiary/aromatic N) is 1. The van der Waals surface area contributed by atoms with Crippen LogP contribution in [-0.2, 0) is 11.3 Å². The van der Waals surface area contributed by atoms with E-state index < -0.39 is 0 Å². The van der Waals surface area contributed by atoms with E-state index >= 15 is 0 Å². The second kappa shape index (κ2) is 7.07. The van der Waals surface area contributed by atoms with Gasteiger partial charge in [0.1, 0.15) is 0 Å². The highest BCUT2D eigenvalue weighted by atomic mass is 35.5. The fourth-order valence-electron chi connectivity index (χ4n) is 2.42. The summed E-state index contributed by atoms with van der Waals surface area (Å²) in [6, 6.07) is 7.81. The summed E-state index contributed by atoms with van der Waals surface area (Å²) in [4.78, 5) is 14.0. The van der Waals surface area contributed by atoms with E-state index in [1.165, 1.54) is 12.8 Å². The molecule has 1 aliphatic carbocycles. The number of hydrogen-bond acceptors (Lipinski definition) is 3. The SMILES string of the molecule is CN(CC(=O)NCc1ccc(Cl)cc1)C(CN)C1CC1. The Balaban J connectivity index is 1.75. The van der Waals surface area contributed by atoms with Gasteiger partial charge in [0, 0.05) is 24.2 Å². The third-order valence-electron chi connectivity index (χ3n) is 3.77. The predicted octanol–water partition coefficient (Wildman–Crippen LogP) is 1.63. The van der Waals surface area contributed by atoms with E-state index in [1.54, 1.807) is 0 Å². The van der Waals surface area contributed by atoms with Crippen molar-refractivity contribution in [1.82, 2.24) is 10.2 Å². The summed E-state index contributed by atoms with van der Waals surface area (Å²) in [5, 5.41) is 3.63. The van der Waals surface area contributed by atoms with E-state index in [1.807, 2.05) is 31.3 Å². The van der Waals surface area contributed by atoms with Crippen LogP contribution in [0.1, 0.15) is 18.4 Å². The van der Waals surface area contributed by atoms with Crippen LogP contribution in [0.15, 0.2) is 24.3 Å². The average Bonchev–Trinajstić information content (AvgIpc) is 3.23. The molecule has 20 heavy (non-hydrogen) atoms. The zero-order chi connectivity index (χ0) is 14.5. The Labute approximate surface area is 125 Å². The van der Waals surface area contributed by atoms with Gasteiger partial charge in [-0.05, 0) is 43.5 Å². The number of carbonyl (C=O) groups excluding carboxylic acids is 1.